The standard InChI is InChI=1S/C32H32N6O2/c1-19-9-12-21(13-10-19)38-29(18-28(37-38)32(2,3)4)36-31(40)35-27-16-15-22(23-7-5-6-8-24(23)27)20-11-14-25(30(34)39)26(33)17-20/h5-18H,33H2,1-4H3,(H2,34,39)(H2,35,36,40). The Morgan fingerprint density at radius 1 is 0.850 bits per heavy atom. The van der Waals surface area contributed by atoms with Crippen LogP contribution in [-0.2, 0) is 5.41 Å². The van der Waals surface area contributed by atoms with E-state index in [0.717, 1.165) is 38.8 Å². The normalized spacial score (nSPS) is 11.4. The zero-order valence-electron chi connectivity index (χ0n) is 22.9. The summed E-state index contributed by atoms with van der Waals surface area (Å²) in [5.74, 6) is -0.00460. The molecule has 0 saturated carbocycles. The number of amides is 3. The third-order valence-corrected chi connectivity index (χ3v) is 6.80. The molecule has 5 rings (SSSR count). The molecular weight excluding hydrogens is 500 g/mol. The lowest BCUT2D eigenvalue weighted by Gasteiger charge is -2.14. The number of primary amides is 1. The van der Waals surface area contributed by atoms with Crippen LogP contribution >= 0.6 is 0 Å². The number of nitrogens with zero attached hydrogens (tertiary/aromatic N) is 2. The van der Waals surface area contributed by atoms with Crippen LogP contribution in [-0.4, -0.2) is 21.7 Å². The molecule has 5 aromatic rings. The van der Waals surface area contributed by atoms with Gasteiger partial charge in [0.1, 0.15) is 5.82 Å². The summed E-state index contributed by atoms with van der Waals surface area (Å²) in [6.45, 7) is 8.28. The Bertz CT molecular complexity index is 1750. The van der Waals surface area contributed by atoms with Crippen molar-refractivity contribution in [2.75, 3.05) is 16.4 Å². The Hall–Kier alpha value is -5.11. The number of hydrogen-bond acceptors (Lipinski definition) is 4. The summed E-state index contributed by atoms with van der Waals surface area (Å²) in [5, 5.41) is 12.6. The molecule has 6 N–H and O–H groups in total. The average Bonchev–Trinajstić information content (AvgIpc) is 3.33. The van der Waals surface area contributed by atoms with E-state index in [1.807, 2.05) is 79.7 Å². The van der Waals surface area contributed by atoms with E-state index in [2.05, 4.69) is 31.4 Å². The van der Waals surface area contributed by atoms with Crippen LogP contribution in [0.15, 0.2) is 84.9 Å². The van der Waals surface area contributed by atoms with Crippen LogP contribution in [0.4, 0.5) is 22.0 Å². The largest absolute Gasteiger partial charge is 0.398 e. The number of anilines is 3. The molecule has 0 aliphatic carbocycles. The molecule has 0 atom stereocenters. The van der Waals surface area contributed by atoms with E-state index in [4.69, 9.17) is 16.6 Å². The number of benzene rings is 4. The molecule has 0 aliphatic rings. The van der Waals surface area contributed by atoms with Gasteiger partial charge in [0.2, 0.25) is 0 Å². The Labute approximate surface area is 233 Å². The van der Waals surface area contributed by atoms with Crippen LogP contribution in [0.2, 0.25) is 0 Å². The molecule has 0 spiro atoms. The highest BCUT2D eigenvalue weighted by molar-refractivity contribution is 6.10. The van der Waals surface area contributed by atoms with E-state index < -0.39 is 5.91 Å². The SMILES string of the molecule is Cc1ccc(-n2nc(C(C)(C)C)cc2NC(=O)Nc2ccc(-c3ccc(C(N)=O)c(N)c3)c3ccccc23)cc1. The zero-order chi connectivity index (χ0) is 28.6. The van der Waals surface area contributed by atoms with Crippen molar-refractivity contribution in [1.29, 1.82) is 0 Å². The number of urea groups is 1. The fraction of sp³-hybridized carbons (Fsp3) is 0.156. The van der Waals surface area contributed by atoms with Gasteiger partial charge in [-0.3, -0.25) is 10.1 Å². The maximum absolute atomic E-state index is 13.3. The van der Waals surface area contributed by atoms with Gasteiger partial charge in [-0.15, -0.1) is 0 Å². The minimum atomic E-state index is -0.571. The summed E-state index contributed by atoms with van der Waals surface area (Å²) in [7, 11) is 0. The quantitative estimate of drug-likeness (QED) is 0.190. The topological polar surface area (TPSA) is 128 Å². The van der Waals surface area contributed by atoms with Gasteiger partial charge in [0, 0.05) is 22.6 Å². The van der Waals surface area contributed by atoms with Gasteiger partial charge in [-0.1, -0.05) is 74.9 Å². The molecule has 8 heteroatoms. The van der Waals surface area contributed by atoms with E-state index >= 15 is 0 Å². The van der Waals surface area contributed by atoms with Crippen molar-refractivity contribution in [1.82, 2.24) is 9.78 Å². The van der Waals surface area contributed by atoms with Crippen molar-refractivity contribution in [3.05, 3.63) is 102 Å². The fourth-order valence-corrected chi connectivity index (χ4v) is 4.60. The maximum Gasteiger partial charge on any atom is 0.324 e. The van der Waals surface area contributed by atoms with E-state index in [-0.39, 0.29) is 17.0 Å². The van der Waals surface area contributed by atoms with Crippen LogP contribution in [0.1, 0.15) is 42.4 Å². The van der Waals surface area contributed by atoms with Crippen LogP contribution < -0.4 is 22.1 Å². The lowest BCUT2D eigenvalue weighted by molar-refractivity contribution is 0.100. The Kier molecular flexibility index (Phi) is 6.77. The Morgan fingerprint density at radius 3 is 2.20 bits per heavy atom. The monoisotopic (exact) mass is 532 g/mol. The van der Waals surface area contributed by atoms with E-state index in [9.17, 15) is 9.59 Å². The third-order valence-electron chi connectivity index (χ3n) is 6.80. The predicted molar refractivity (Wildman–Crippen MR) is 162 cm³/mol. The first-order valence-electron chi connectivity index (χ1n) is 13.0. The van der Waals surface area contributed by atoms with Gasteiger partial charge >= 0.3 is 6.03 Å². The molecule has 8 nitrogen and oxygen atoms in total. The molecule has 1 aromatic heterocycles. The lowest BCUT2D eigenvalue weighted by Crippen LogP contribution is -2.21. The average molecular weight is 533 g/mol. The molecule has 0 bridgehead atoms. The molecule has 3 amide bonds. The summed E-state index contributed by atoms with van der Waals surface area (Å²) in [4.78, 5) is 24.9. The van der Waals surface area contributed by atoms with Crippen LogP contribution in [0.3, 0.4) is 0 Å². The fourth-order valence-electron chi connectivity index (χ4n) is 4.60. The van der Waals surface area contributed by atoms with Crippen molar-refractivity contribution >= 4 is 39.9 Å². The summed E-state index contributed by atoms with van der Waals surface area (Å²) >= 11 is 0. The van der Waals surface area contributed by atoms with Gasteiger partial charge in [0.15, 0.2) is 0 Å². The zero-order valence-corrected chi connectivity index (χ0v) is 22.9. The number of aryl methyl sites for hydroxylation is 1. The molecule has 1 heterocycles. The minimum absolute atomic E-state index is 0.200. The van der Waals surface area contributed by atoms with Crippen molar-refractivity contribution in [3.63, 3.8) is 0 Å². The molecule has 0 aliphatic heterocycles. The van der Waals surface area contributed by atoms with Crippen molar-refractivity contribution < 1.29 is 9.59 Å². The molecule has 40 heavy (non-hydrogen) atoms. The molecule has 0 fully saturated rings. The van der Waals surface area contributed by atoms with Gasteiger partial charge in [0.05, 0.1) is 22.6 Å². The van der Waals surface area contributed by atoms with Crippen molar-refractivity contribution in [2.45, 2.75) is 33.1 Å². The number of carbonyl (C=O) groups excluding carboxylic acids is 2. The second-order valence-electron chi connectivity index (χ2n) is 10.9. The van der Waals surface area contributed by atoms with Gasteiger partial charge in [0.25, 0.3) is 5.91 Å². The maximum atomic E-state index is 13.3. The first kappa shape index (κ1) is 26.5. The number of nitrogens with two attached hydrogens (primary N) is 2. The van der Waals surface area contributed by atoms with Crippen LogP contribution in [0.25, 0.3) is 27.6 Å². The summed E-state index contributed by atoms with van der Waals surface area (Å²) in [6, 6.07) is 26.2. The van der Waals surface area contributed by atoms with E-state index in [1.54, 1.807) is 16.8 Å². The molecule has 0 unspecified atom stereocenters. The van der Waals surface area contributed by atoms with Gasteiger partial charge < -0.3 is 16.8 Å². The number of fused-ring (bicyclic) bond motifs is 1. The first-order valence-corrected chi connectivity index (χ1v) is 13.0. The van der Waals surface area contributed by atoms with Crippen molar-refractivity contribution in [3.8, 4) is 16.8 Å². The van der Waals surface area contributed by atoms with Crippen LogP contribution in [0.5, 0.6) is 0 Å². The van der Waals surface area contributed by atoms with Gasteiger partial charge in [-0.05, 0) is 53.8 Å². The second kappa shape index (κ2) is 10.2. The summed E-state index contributed by atoms with van der Waals surface area (Å²) in [6.07, 6.45) is 0. The Balaban J connectivity index is 1.47. The number of carbonyl (C=O) groups is 2. The van der Waals surface area contributed by atoms with Crippen molar-refractivity contribution in [2.24, 2.45) is 5.73 Å². The number of rotatable bonds is 5. The molecule has 0 saturated heterocycles. The summed E-state index contributed by atoms with van der Waals surface area (Å²) in [5.41, 5.74) is 17.2. The highest BCUT2D eigenvalue weighted by atomic mass is 16.2. The van der Waals surface area contributed by atoms with E-state index in [1.165, 1.54) is 0 Å². The second-order valence-corrected chi connectivity index (χ2v) is 10.9. The molecule has 202 valence electrons. The lowest BCUT2D eigenvalue weighted by atomic mass is 9.92. The Morgan fingerprint density at radius 2 is 1.55 bits per heavy atom. The van der Waals surface area contributed by atoms with E-state index in [0.29, 0.717) is 17.2 Å². The molecular formula is C32H32N6O2. The molecule has 4 aromatic carbocycles. The minimum Gasteiger partial charge on any atom is -0.398 e. The highest BCUT2D eigenvalue weighted by Gasteiger charge is 2.22. The van der Waals surface area contributed by atoms with Gasteiger partial charge in [-0.2, -0.15) is 5.10 Å². The van der Waals surface area contributed by atoms with Gasteiger partial charge in [-0.25, -0.2) is 9.48 Å². The predicted octanol–water partition coefficient (Wildman–Crippen LogP) is 6.62. The first-order chi connectivity index (χ1) is 19.0. The number of aromatic nitrogens is 2. The summed E-state index contributed by atoms with van der Waals surface area (Å²) < 4.78 is 1.75. The number of nitrogens with one attached hydrogen (secondary N) is 2. The molecule has 0 radical (unpaired) electrons. The smallest absolute Gasteiger partial charge is 0.324 e. The number of hydrogen-bond donors (Lipinski definition) is 4. The number of nitrogen functional groups attached to an aromatic ring is 1. The third kappa shape index (κ3) is 5.24. The van der Waals surface area contributed by atoms with Crippen LogP contribution in [0, 0.1) is 6.92 Å². The highest BCUT2D eigenvalue weighted by Crippen LogP contribution is 2.35.